The van der Waals surface area contributed by atoms with Gasteiger partial charge in [-0.3, -0.25) is 0 Å². The zero-order chi connectivity index (χ0) is 12.7. The number of nitrogen functional groups attached to an aromatic ring is 1. The molecule has 1 aromatic carbocycles. The van der Waals surface area contributed by atoms with E-state index in [4.69, 9.17) is 21.8 Å². The van der Waals surface area contributed by atoms with Crippen molar-refractivity contribution in [2.75, 3.05) is 5.73 Å². The van der Waals surface area contributed by atoms with Gasteiger partial charge in [-0.2, -0.15) is 0 Å². The molecule has 0 fully saturated rings. The number of benzene rings is 1. The van der Waals surface area contributed by atoms with E-state index in [9.17, 15) is 0 Å². The zero-order valence-electron chi connectivity index (χ0n) is 9.64. The molecule has 2 N–H and O–H groups in total. The van der Waals surface area contributed by atoms with Gasteiger partial charge < -0.3 is 10.2 Å². The van der Waals surface area contributed by atoms with E-state index in [0.717, 1.165) is 11.1 Å². The minimum absolute atomic E-state index is 0.469. The molecule has 0 bridgehead atoms. The first-order valence-electron chi connectivity index (χ1n) is 5.42. The molecule has 4 nitrogen and oxygen atoms in total. The normalized spacial score (nSPS) is 11.0. The average Bonchev–Trinajstić information content (AvgIpc) is 2.75. The van der Waals surface area contributed by atoms with Crippen LogP contribution in [0.2, 0.25) is 5.02 Å². The van der Waals surface area contributed by atoms with Crippen LogP contribution in [0.15, 0.2) is 34.9 Å². The van der Waals surface area contributed by atoms with Crippen molar-refractivity contribution in [1.29, 1.82) is 0 Å². The molecule has 0 saturated heterocycles. The number of hydrogen-bond acceptors (Lipinski definition) is 4. The Bertz CT molecular complexity index is 736. The van der Waals surface area contributed by atoms with E-state index in [1.165, 1.54) is 6.20 Å². The maximum atomic E-state index is 5.87. The van der Waals surface area contributed by atoms with Crippen LogP contribution in [0.5, 0.6) is 0 Å². The van der Waals surface area contributed by atoms with E-state index < -0.39 is 0 Å². The second-order valence-corrected chi connectivity index (χ2v) is 4.45. The Morgan fingerprint density at radius 1 is 1.33 bits per heavy atom. The van der Waals surface area contributed by atoms with Crippen molar-refractivity contribution in [2.45, 2.75) is 6.92 Å². The fourth-order valence-corrected chi connectivity index (χ4v) is 1.95. The lowest BCUT2D eigenvalue weighted by atomic mass is 10.1. The average molecular weight is 260 g/mol. The summed E-state index contributed by atoms with van der Waals surface area (Å²) in [5.41, 5.74) is 9.49. The van der Waals surface area contributed by atoms with Gasteiger partial charge in [-0.1, -0.05) is 17.7 Å². The van der Waals surface area contributed by atoms with Gasteiger partial charge >= 0.3 is 0 Å². The fraction of sp³-hybridized carbons (Fsp3) is 0.0769. The standard InChI is InChI=1S/C13H10ClN3O/c1-7-9(3-2-4-10(7)15)12-17-11-5-8(14)6-16-13(11)18-12/h2-6H,15H2,1H3. The van der Waals surface area contributed by atoms with Gasteiger partial charge in [-0.25, -0.2) is 9.97 Å². The highest BCUT2D eigenvalue weighted by Crippen LogP contribution is 2.29. The monoisotopic (exact) mass is 259 g/mol. The molecule has 0 aliphatic carbocycles. The third-order valence-electron chi connectivity index (χ3n) is 2.82. The molecule has 0 spiro atoms. The third-order valence-corrected chi connectivity index (χ3v) is 3.03. The predicted octanol–water partition coefficient (Wildman–Crippen LogP) is 3.43. The first kappa shape index (κ1) is 11.0. The van der Waals surface area contributed by atoms with Gasteiger partial charge in [0.15, 0.2) is 0 Å². The fourth-order valence-electron chi connectivity index (χ4n) is 1.80. The van der Waals surface area contributed by atoms with Crippen LogP contribution < -0.4 is 5.73 Å². The Hall–Kier alpha value is -2.07. The summed E-state index contributed by atoms with van der Waals surface area (Å²) in [6.45, 7) is 1.93. The molecular formula is C13H10ClN3O. The summed E-state index contributed by atoms with van der Waals surface area (Å²) in [5.74, 6) is 0.504. The highest BCUT2D eigenvalue weighted by atomic mass is 35.5. The molecule has 0 amide bonds. The second-order valence-electron chi connectivity index (χ2n) is 4.02. The number of hydrogen-bond donors (Lipinski definition) is 1. The number of oxazole rings is 1. The van der Waals surface area contributed by atoms with Crippen molar-refractivity contribution < 1.29 is 4.42 Å². The highest BCUT2D eigenvalue weighted by Gasteiger charge is 2.12. The molecule has 3 rings (SSSR count). The molecule has 2 aromatic heterocycles. The van der Waals surface area contributed by atoms with Crippen molar-refractivity contribution in [2.24, 2.45) is 0 Å². The summed E-state index contributed by atoms with van der Waals surface area (Å²) >= 11 is 5.87. The van der Waals surface area contributed by atoms with Crippen LogP contribution in [0, 0.1) is 6.92 Å². The Kier molecular flexibility index (Phi) is 2.45. The van der Waals surface area contributed by atoms with E-state index in [0.29, 0.717) is 27.8 Å². The van der Waals surface area contributed by atoms with Crippen LogP contribution in [0.1, 0.15) is 5.56 Å². The van der Waals surface area contributed by atoms with Gasteiger partial charge in [0.05, 0.1) is 5.02 Å². The molecule has 0 radical (unpaired) electrons. The molecule has 0 aliphatic rings. The number of rotatable bonds is 1. The van der Waals surface area contributed by atoms with E-state index >= 15 is 0 Å². The summed E-state index contributed by atoms with van der Waals surface area (Å²) < 4.78 is 5.61. The molecular weight excluding hydrogens is 250 g/mol. The number of nitrogens with zero attached hydrogens (tertiary/aromatic N) is 2. The number of anilines is 1. The lowest BCUT2D eigenvalue weighted by Crippen LogP contribution is -1.91. The molecule has 3 aromatic rings. The van der Waals surface area contributed by atoms with Gasteiger partial charge in [0.2, 0.25) is 11.6 Å². The van der Waals surface area contributed by atoms with Gasteiger partial charge in [0, 0.05) is 17.4 Å². The Balaban J connectivity index is 2.22. The van der Waals surface area contributed by atoms with Crippen LogP contribution in [0.25, 0.3) is 22.7 Å². The van der Waals surface area contributed by atoms with Crippen molar-refractivity contribution >= 4 is 28.5 Å². The van der Waals surface area contributed by atoms with Gasteiger partial charge in [0.25, 0.3) is 0 Å². The molecule has 0 saturated carbocycles. The Morgan fingerprint density at radius 3 is 3.00 bits per heavy atom. The summed E-state index contributed by atoms with van der Waals surface area (Å²) in [6.07, 6.45) is 1.53. The SMILES string of the molecule is Cc1c(N)cccc1-c1nc2cc(Cl)cnc2o1. The Morgan fingerprint density at radius 2 is 2.17 bits per heavy atom. The molecule has 18 heavy (non-hydrogen) atoms. The van der Waals surface area contributed by atoms with E-state index in [2.05, 4.69) is 9.97 Å². The number of nitrogens with two attached hydrogens (primary N) is 1. The first-order chi connectivity index (χ1) is 8.65. The topological polar surface area (TPSA) is 64.9 Å². The largest absolute Gasteiger partial charge is 0.418 e. The van der Waals surface area contributed by atoms with E-state index in [1.54, 1.807) is 6.07 Å². The first-order valence-corrected chi connectivity index (χ1v) is 5.80. The maximum absolute atomic E-state index is 5.87. The smallest absolute Gasteiger partial charge is 0.247 e. The molecule has 5 heteroatoms. The second kappa shape index (κ2) is 3.99. The molecule has 0 unspecified atom stereocenters. The van der Waals surface area contributed by atoms with Crippen molar-refractivity contribution in [3.63, 3.8) is 0 Å². The summed E-state index contributed by atoms with van der Waals surface area (Å²) in [5, 5.41) is 0.534. The molecule has 2 heterocycles. The van der Waals surface area contributed by atoms with Crippen LogP contribution in [-0.2, 0) is 0 Å². The van der Waals surface area contributed by atoms with Crippen molar-refractivity contribution in [3.05, 3.63) is 41.0 Å². The number of halogens is 1. The number of pyridine rings is 1. The van der Waals surface area contributed by atoms with E-state index in [-0.39, 0.29) is 0 Å². The van der Waals surface area contributed by atoms with Gasteiger partial charge in [0.1, 0.15) is 5.52 Å². The number of fused-ring (bicyclic) bond motifs is 1. The van der Waals surface area contributed by atoms with Crippen LogP contribution in [0.3, 0.4) is 0 Å². The van der Waals surface area contributed by atoms with Crippen LogP contribution in [-0.4, -0.2) is 9.97 Å². The predicted molar refractivity (Wildman–Crippen MR) is 71.4 cm³/mol. The van der Waals surface area contributed by atoms with Crippen molar-refractivity contribution in [3.8, 4) is 11.5 Å². The quantitative estimate of drug-likeness (QED) is 0.680. The van der Waals surface area contributed by atoms with Crippen LogP contribution >= 0.6 is 11.6 Å². The highest BCUT2D eigenvalue weighted by molar-refractivity contribution is 6.30. The van der Waals surface area contributed by atoms with Gasteiger partial charge in [-0.15, -0.1) is 0 Å². The van der Waals surface area contributed by atoms with E-state index in [1.807, 2.05) is 25.1 Å². The summed E-state index contributed by atoms with van der Waals surface area (Å²) in [4.78, 5) is 8.46. The maximum Gasteiger partial charge on any atom is 0.247 e. The minimum Gasteiger partial charge on any atom is -0.418 e. The van der Waals surface area contributed by atoms with Crippen LogP contribution in [0.4, 0.5) is 5.69 Å². The molecule has 0 atom stereocenters. The van der Waals surface area contributed by atoms with Gasteiger partial charge in [-0.05, 0) is 30.7 Å². The summed E-state index contributed by atoms with van der Waals surface area (Å²) in [6, 6.07) is 7.35. The van der Waals surface area contributed by atoms with Crippen molar-refractivity contribution in [1.82, 2.24) is 9.97 Å². The third kappa shape index (κ3) is 1.71. The lowest BCUT2D eigenvalue weighted by Gasteiger charge is -2.03. The minimum atomic E-state index is 0.469. The summed E-state index contributed by atoms with van der Waals surface area (Å²) in [7, 11) is 0. The molecule has 0 aliphatic heterocycles. The zero-order valence-corrected chi connectivity index (χ0v) is 10.4. The molecule has 90 valence electrons. The lowest BCUT2D eigenvalue weighted by molar-refractivity contribution is 0.607. The number of aromatic nitrogens is 2. The Labute approximate surface area is 108 Å².